The summed E-state index contributed by atoms with van der Waals surface area (Å²) in [5, 5.41) is 3.34. The summed E-state index contributed by atoms with van der Waals surface area (Å²) < 4.78 is 13.8. The molecule has 0 spiro atoms. The molecule has 0 saturated heterocycles. The molecule has 0 saturated carbocycles. The zero-order valence-electron chi connectivity index (χ0n) is 9.41. The van der Waals surface area contributed by atoms with Crippen LogP contribution in [0, 0.1) is 5.82 Å². The molecule has 17 heavy (non-hydrogen) atoms. The second-order valence-electron chi connectivity index (χ2n) is 3.86. The normalized spacial score (nSPS) is 12.6. The largest absolute Gasteiger partial charge is 0.305 e. The summed E-state index contributed by atoms with van der Waals surface area (Å²) >= 11 is 7.41. The van der Waals surface area contributed by atoms with Crippen LogP contribution in [0.15, 0.2) is 36.4 Å². The number of hydrogen-bond acceptors (Lipinski definition) is 2. The molecule has 90 valence electrons. The van der Waals surface area contributed by atoms with Crippen LogP contribution in [0.1, 0.15) is 23.4 Å². The Morgan fingerprint density at radius 2 is 2.18 bits per heavy atom. The molecule has 2 aromatic rings. The Hall–Kier alpha value is -0.900. The lowest BCUT2D eigenvalue weighted by atomic mass is 10.1. The molecule has 0 aliphatic rings. The molecule has 1 aromatic carbocycles. The van der Waals surface area contributed by atoms with Crippen molar-refractivity contribution in [2.75, 3.05) is 0 Å². The molecule has 0 bridgehead atoms. The van der Waals surface area contributed by atoms with E-state index in [9.17, 15) is 4.39 Å². The maximum atomic E-state index is 13.1. The van der Waals surface area contributed by atoms with Crippen molar-refractivity contribution in [2.24, 2.45) is 0 Å². The molecular weight excluding hydrogens is 257 g/mol. The van der Waals surface area contributed by atoms with E-state index < -0.39 is 0 Å². The second kappa shape index (κ2) is 5.63. The minimum Gasteiger partial charge on any atom is -0.305 e. The van der Waals surface area contributed by atoms with Gasteiger partial charge in [0.15, 0.2) is 0 Å². The summed E-state index contributed by atoms with van der Waals surface area (Å²) in [4.78, 5) is 1.18. The standard InChI is InChI=1S/C13H13ClFNS/c1-9(10-3-2-4-11(15)7-10)16-8-12-5-6-13(14)17-12/h2-7,9,16H,8H2,1H3/t9-/m1/s1. The van der Waals surface area contributed by atoms with Gasteiger partial charge >= 0.3 is 0 Å². The Kier molecular flexibility index (Phi) is 4.15. The molecule has 1 aromatic heterocycles. The van der Waals surface area contributed by atoms with Gasteiger partial charge in [-0.05, 0) is 36.8 Å². The first kappa shape index (κ1) is 12.6. The van der Waals surface area contributed by atoms with Crippen molar-refractivity contribution in [3.05, 3.63) is 57.0 Å². The highest BCUT2D eigenvalue weighted by Gasteiger charge is 2.06. The van der Waals surface area contributed by atoms with E-state index >= 15 is 0 Å². The quantitative estimate of drug-likeness (QED) is 0.868. The van der Waals surface area contributed by atoms with Gasteiger partial charge in [0.2, 0.25) is 0 Å². The summed E-state index contributed by atoms with van der Waals surface area (Å²) in [5.74, 6) is -0.199. The molecule has 0 radical (unpaired) electrons. The number of halogens is 2. The Morgan fingerprint density at radius 3 is 2.82 bits per heavy atom. The number of benzene rings is 1. The van der Waals surface area contributed by atoms with Crippen molar-refractivity contribution < 1.29 is 4.39 Å². The lowest BCUT2D eigenvalue weighted by Crippen LogP contribution is -2.17. The molecule has 1 heterocycles. The third kappa shape index (κ3) is 3.53. The summed E-state index contributed by atoms with van der Waals surface area (Å²) in [7, 11) is 0. The summed E-state index contributed by atoms with van der Waals surface area (Å²) in [6.07, 6.45) is 0. The fourth-order valence-electron chi connectivity index (χ4n) is 1.59. The molecule has 1 N–H and O–H groups in total. The van der Waals surface area contributed by atoms with E-state index in [1.807, 2.05) is 25.1 Å². The van der Waals surface area contributed by atoms with Crippen LogP contribution in [0.3, 0.4) is 0 Å². The molecular formula is C13H13ClFNS. The summed E-state index contributed by atoms with van der Waals surface area (Å²) in [5.41, 5.74) is 0.952. The topological polar surface area (TPSA) is 12.0 Å². The van der Waals surface area contributed by atoms with E-state index in [4.69, 9.17) is 11.6 Å². The van der Waals surface area contributed by atoms with Gasteiger partial charge in [-0.1, -0.05) is 23.7 Å². The van der Waals surface area contributed by atoms with Crippen molar-refractivity contribution in [1.29, 1.82) is 0 Å². The highest BCUT2D eigenvalue weighted by atomic mass is 35.5. The first-order valence-electron chi connectivity index (χ1n) is 5.38. The van der Waals surface area contributed by atoms with Gasteiger partial charge in [0.1, 0.15) is 5.82 Å². The predicted molar refractivity (Wildman–Crippen MR) is 71.0 cm³/mol. The second-order valence-corrected chi connectivity index (χ2v) is 5.66. The van der Waals surface area contributed by atoms with Crippen LogP contribution in [-0.4, -0.2) is 0 Å². The van der Waals surface area contributed by atoms with Crippen LogP contribution in [0.4, 0.5) is 4.39 Å². The minimum atomic E-state index is -0.199. The van der Waals surface area contributed by atoms with Gasteiger partial charge in [0.05, 0.1) is 4.34 Å². The molecule has 2 rings (SSSR count). The van der Waals surface area contributed by atoms with Crippen molar-refractivity contribution in [3.8, 4) is 0 Å². The van der Waals surface area contributed by atoms with E-state index in [1.54, 1.807) is 23.5 Å². The lowest BCUT2D eigenvalue weighted by Gasteiger charge is -2.13. The molecule has 0 amide bonds. The summed E-state index contributed by atoms with van der Waals surface area (Å²) in [6.45, 7) is 2.76. The number of hydrogen-bond donors (Lipinski definition) is 1. The molecule has 0 unspecified atom stereocenters. The fraction of sp³-hybridized carbons (Fsp3) is 0.231. The van der Waals surface area contributed by atoms with Crippen LogP contribution in [0.25, 0.3) is 0 Å². The first-order valence-corrected chi connectivity index (χ1v) is 6.57. The highest BCUT2D eigenvalue weighted by Crippen LogP contribution is 2.22. The predicted octanol–water partition coefficient (Wildman–Crippen LogP) is 4.39. The van der Waals surface area contributed by atoms with Crippen molar-refractivity contribution in [3.63, 3.8) is 0 Å². The Labute approximate surface area is 109 Å². The average molecular weight is 270 g/mol. The van der Waals surface area contributed by atoms with Crippen molar-refractivity contribution in [1.82, 2.24) is 5.32 Å². The summed E-state index contributed by atoms with van der Waals surface area (Å²) in [6, 6.07) is 10.7. The number of thiophene rings is 1. The van der Waals surface area contributed by atoms with Gasteiger partial charge in [-0.25, -0.2) is 4.39 Å². The number of rotatable bonds is 4. The van der Waals surface area contributed by atoms with E-state index in [1.165, 1.54) is 10.9 Å². The third-order valence-corrected chi connectivity index (χ3v) is 3.79. The zero-order chi connectivity index (χ0) is 12.3. The number of nitrogens with one attached hydrogen (secondary N) is 1. The molecule has 4 heteroatoms. The average Bonchev–Trinajstić information content (AvgIpc) is 2.72. The SMILES string of the molecule is C[C@@H](NCc1ccc(Cl)s1)c1cccc(F)c1. The molecule has 1 nitrogen and oxygen atoms in total. The van der Waals surface area contributed by atoms with Crippen LogP contribution in [0.5, 0.6) is 0 Å². The Bertz CT molecular complexity index is 498. The van der Waals surface area contributed by atoms with Crippen LogP contribution in [0.2, 0.25) is 4.34 Å². The molecule has 0 fully saturated rings. The van der Waals surface area contributed by atoms with Crippen LogP contribution >= 0.6 is 22.9 Å². The Balaban J connectivity index is 1.95. The molecule has 1 atom stereocenters. The minimum absolute atomic E-state index is 0.117. The monoisotopic (exact) mass is 269 g/mol. The van der Waals surface area contributed by atoms with E-state index in [0.717, 1.165) is 16.4 Å². The van der Waals surface area contributed by atoms with Gasteiger partial charge in [-0.3, -0.25) is 0 Å². The lowest BCUT2D eigenvalue weighted by molar-refractivity contribution is 0.568. The molecule has 0 aliphatic carbocycles. The van der Waals surface area contributed by atoms with E-state index in [-0.39, 0.29) is 11.9 Å². The Morgan fingerprint density at radius 1 is 1.35 bits per heavy atom. The third-order valence-electron chi connectivity index (χ3n) is 2.56. The van der Waals surface area contributed by atoms with Gasteiger partial charge in [-0.2, -0.15) is 0 Å². The molecule has 0 aliphatic heterocycles. The zero-order valence-corrected chi connectivity index (χ0v) is 11.0. The van der Waals surface area contributed by atoms with Crippen molar-refractivity contribution >= 4 is 22.9 Å². The maximum absolute atomic E-state index is 13.1. The van der Waals surface area contributed by atoms with Gasteiger partial charge in [0.25, 0.3) is 0 Å². The van der Waals surface area contributed by atoms with Crippen LogP contribution < -0.4 is 5.32 Å². The van der Waals surface area contributed by atoms with E-state index in [0.29, 0.717) is 0 Å². The van der Waals surface area contributed by atoms with E-state index in [2.05, 4.69) is 5.32 Å². The van der Waals surface area contributed by atoms with Gasteiger partial charge in [-0.15, -0.1) is 11.3 Å². The first-order chi connectivity index (χ1) is 8.15. The van der Waals surface area contributed by atoms with Gasteiger partial charge < -0.3 is 5.32 Å². The van der Waals surface area contributed by atoms with Crippen molar-refractivity contribution in [2.45, 2.75) is 19.5 Å². The maximum Gasteiger partial charge on any atom is 0.123 e. The fourth-order valence-corrected chi connectivity index (χ4v) is 2.63. The highest BCUT2D eigenvalue weighted by molar-refractivity contribution is 7.16. The van der Waals surface area contributed by atoms with Crippen LogP contribution in [-0.2, 0) is 6.54 Å². The smallest absolute Gasteiger partial charge is 0.123 e. The van der Waals surface area contributed by atoms with Gasteiger partial charge in [0, 0.05) is 17.5 Å².